The minimum absolute atomic E-state index is 0.0275. The molecule has 0 radical (unpaired) electrons. The minimum atomic E-state index is -3.17. The molecule has 1 aromatic carbocycles. The van der Waals surface area contributed by atoms with Gasteiger partial charge in [0.15, 0.2) is 16.4 Å². The highest BCUT2D eigenvalue weighted by Gasteiger charge is 2.22. The maximum absolute atomic E-state index is 12.8. The molecule has 1 aliphatic heterocycles. The molecule has 2 aromatic rings. The molecule has 1 fully saturated rings. The highest BCUT2D eigenvalue weighted by Crippen LogP contribution is 2.36. The van der Waals surface area contributed by atoms with E-state index >= 15 is 0 Å². The van der Waals surface area contributed by atoms with Crippen LogP contribution in [0.4, 0.5) is 0 Å². The number of nitrogens with zero attached hydrogens (tertiary/aromatic N) is 1. The number of sulfone groups is 1. The van der Waals surface area contributed by atoms with Gasteiger partial charge in [-0.2, -0.15) is 0 Å². The second-order valence-electron chi connectivity index (χ2n) is 7.39. The van der Waals surface area contributed by atoms with Gasteiger partial charge in [0.05, 0.1) is 5.75 Å². The third-order valence-electron chi connectivity index (χ3n) is 5.16. The topological polar surface area (TPSA) is 92.8 Å². The number of nitrogens with one attached hydrogen (secondary N) is 1. The van der Waals surface area contributed by atoms with Gasteiger partial charge in [-0.25, -0.2) is 8.42 Å². The lowest BCUT2D eigenvalue weighted by atomic mass is 10.1. The molecule has 1 aromatic heterocycles. The number of amides is 2. The molecule has 0 bridgehead atoms. The Hall–Kier alpha value is -2.39. The van der Waals surface area contributed by atoms with Crippen LogP contribution in [0.15, 0.2) is 36.4 Å². The van der Waals surface area contributed by atoms with E-state index in [0.29, 0.717) is 10.6 Å². The monoisotopic (exact) mass is 464 g/mol. The number of ether oxygens (including phenoxy) is 1. The highest BCUT2D eigenvalue weighted by atomic mass is 32.2. The molecule has 31 heavy (non-hydrogen) atoms. The first-order valence-corrected chi connectivity index (χ1v) is 13.1. The molecule has 0 unspecified atom stereocenters. The normalized spacial score (nSPS) is 14.3. The Morgan fingerprint density at radius 3 is 2.52 bits per heavy atom. The molecule has 1 aliphatic rings. The van der Waals surface area contributed by atoms with Gasteiger partial charge in [-0.15, -0.1) is 11.3 Å². The molecule has 1 saturated heterocycles. The number of carbonyl (C=O) groups is 2. The Morgan fingerprint density at radius 1 is 1.13 bits per heavy atom. The van der Waals surface area contributed by atoms with Crippen LogP contribution in [0, 0.1) is 0 Å². The average molecular weight is 465 g/mol. The number of rotatable bonds is 9. The molecule has 0 atom stereocenters. The van der Waals surface area contributed by atoms with Crippen molar-refractivity contribution < 1.29 is 22.7 Å². The van der Waals surface area contributed by atoms with Crippen LogP contribution in [-0.2, 0) is 14.6 Å². The van der Waals surface area contributed by atoms with E-state index in [1.165, 1.54) is 11.3 Å². The smallest absolute Gasteiger partial charge is 0.265 e. The molecule has 0 saturated carbocycles. The summed E-state index contributed by atoms with van der Waals surface area (Å²) in [5, 5.41) is 2.66. The molecule has 2 heterocycles. The molecular weight excluding hydrogens is 436 g/mol. The van der Waals surface area contributed by atoms with Crippen molar-refractivity contribution in [2.24, 2.45) is 0 Å². The van der Waals surface area contributed by atoms with Crippen molar-refractivity contribution in [2.45, 2.75) is 26.2 Å². The summed E-state index contributed by atoms with van der Waals surface area (Å²) in [6.07, 6.45) is 3.13. The standard InChI is InChI=1S/C22H28N2O5S2/c1-2-31(27,28)14-11-23-22(26)21-18(15-19(30-21)17-9-5-3-6-10-17)29-16-20(25)24-12-7-4-8-13-24/h3,5-6,9-10,15H,2,4,7-8,11-14,16H2,1H3,(H,23,26). The molecule has 3 rings (SSSR count). The van der Waals surface area contributed by atoms with Crippen molar-refractivity contribution in [2.75, 3.05) is 37.7 Å². The van der Waals surface area contributed by atoms with Crippen LogP contribution in [0.25, 0.3) is 10.4 Å². The number of benzene rings is 1. The van der Waals surface area contributed by atoms with Crippen LogP contribution in [0.5, 0.6) is 5.75 Å². The van der Waals surface area contributed by atoms with E-state index in [1.807, 2.05) is 30.3 Å². The van der Waals surface area contributed by atoms with Crippen molar-refractivity contribution in [1.29, 1.82) is 0 Å². The van der Waals surface area contributed by atoms with E-state index in [-0.39, 0.29) is 30.6 Å². The SMILES string of the molecule is CCS(=O)(=O)CCNC(=O)c1sc(-c2ccccc2)cc1OCC(=O)N1CCCCC1. The van der Waals surface area contributed by atoms with Gasteiger partial charge in [-0.1, -0.05) is 37.3 Å². The predicted octanol–water partition coefficient (Wildman–Crippen LogP) is 2.97. The fourth-order valence-corrected chi connectivity index (χ4v) is 5.03. The minimum Gasteiger partial charge on any atom is -0.482 e. The Morgan fingerprint density at radius 2 is 1.84 bits per heavy atom. The first-order valence-electron chi connectivity index (χ1n) is 10.5. The summed E-state index contributed by atoms with van der Waals surface area (Å²) < 4.78 is 29.2. The Bertz CT molecular complexity index is 996. The van der Waals surface area contributed by atoms with Crippen molar-refractivity contribution >= 4 is 33.0 Å². The molecular formula is C22H28N2O5S2. The number of piperidine rings is 1. The zero-order chi connectivity index (χ0) is 22.3. The van der Waals surface area contributed by atoms with Gasteiger partial charge >= 0.3 is 0 Å². The van der Waals surface area contributed by atoms with E-state index in [1.54, 1.807) is 17.9 Å². The highest BCUT2D eigenvalue weighted by molar-refractivity contribution is 7.91. The predicted molar refractivity (Wildman–Crippen MR) is 122 cm³/mol. The first-order chi connectivity index (χ1) is 14.9. The average Bonchev–Trinajstić information content (AvgIpc) is 3.23. The largest absolute Gasteiger partial charge is 0.482 e. The molecule has 0 aliphatic carbocycles. The van der Waals surface area contributed by atoms with Crippen LogP contribution in [-0.4, -0.2) is 62.9 Å². The number of hydrogen-bond acceptors (Lipinski definition) is 6. The molecule has 7 nitrogen and oxygen atoms in total. The lowest BCUT2D eigenvalue weighted by Gasteiger charge is -2.26. The van der Waals surface area contributed by atoms with Crippen molar-refractivity contribution in [3.05, 3.63) is 41.3 Å². The quantitative estimate of drug-likeness (QED) is 0.616. The molecule has 9 heteroatoms. The van der Waals surface area contributed by atoms with E-state index < -0.39 is 15.7 Å². The van der Waals surface area contributed by atoms with Gasteiger partial charge in [0.25, 0.3) is 11.8 Å². The summed E-state index contributed by atoms with van der Waals surface area (Å²) in [6.45, 7) is 2.95. The van der Waals surface area contributed by atoms with E-state index in [4.69, 9.17) is 4.74 Å². The Labute approximate surface area is 187 Å². The summed E-state index contributed by atoms with van der Waals surface area (Å²) in [7, 11) is -3.17. The molecule has 2 amide bonds. The molecule has 168 valence electrons. The van der Waals surface area contributed by atoms with Crippen LogP contribution >= 0.6 is 11.3 Å². The zero-order valence-electron chi connectivity index (χ0n) is 17.6. The summed E-state index contributed by atoms with van der Waals surface area (Å²) in [4.78, 5) is 28.2. The molecule has 0 spiro atoms. The van der Waals surface area contributed by atoms with Gasteiger partial charge in [0.2, 0.25) is 0 Å². The maximum Gasteiger partial charge on any atom is 0.265 e. The number of likely N-dealkylation sites (tertiary alicyclic amines) is 1. The van der Waals surface area contributed by atoms with Gasteiger partial charge in [-0.05, 0) is 30.9 Å². The Kier molecular flexibility index (Phi) is 8.09. The second kappa shape index (κ2) is 10.8. The number of carbonyl (C=O) groups excluding carboxylic acids is 2. The van der Waals surface area contributed by atoms with Crippen LogP contribution < -0.4 is 10.1 Å². The van der Waals surface area contributed by atoms with Crippen molar-refractivity contribution in [1.82, 2.24) is 10.2 Å². The van der Waals surface area contributed by atoms with Crippen molar-refractivity contribution in [3.63, 3.8) is 0 Å². The maximum atomic E-state index is 12.8. The van der Waals surface area contributed by atoms with Crippen LogP contribution in [0.1, 0.15) is 35.9 Å². The van der Waals surface area contributed by atoms with Gasteiger partial charge < -0.3 is 15.0 Å². The summed E-state index contributed by atoms with van der Waals surface area (Å²) in [5.41, 5.74) is 0.937. The summed E-state index contributed by atoms with van der Waals surface area (Å²) in [5.74, 6) is -0.237. The third-order valence-corrected chi connectivity index (χ3v) is 8.03. The third kappa shape index (κ3) is 6.54. The van der Waals surface area contributed by atoms with E-state index in [2.05, 4.69) is 5.32 Å². The van der Waals surface area contributed by atoms with Crippen LogP contribution in [0.2, 0.25) is 0 Å². The Balaban J connectivity index is 1.73. The van der Waals surface area contributed by atoms with Crippen LogP contribution in [0.3, 0.4) is 0 Å². The second-order valence-corrected chi connectivity index (χ2v) is 10.9. The first kappa shape index (κ1) is 23.3. The van der Waals surface area contributed by atoms with Gasteiger partial charge in [-0.3, -0.25) is 9.59 Å². The number of thiophene rings is 1. The van der Waals surface area contributed by atoms with Crippen molar-refractivity contribution in [3.8, 4) is 16.2 Å². The fraction of sp³-hybridized carbons (Fsp3) is 0.455. The number of hydrogen-bond donors (Lipinski definition) is 1. The van der Waals surface area contributed by atoms with Gasteiger partial charge in [0.1, 0.15) is 10.6 Å². The van der Waals surface area contributed by atoms with E-state index in [9.17, 15) is 18.0 Å². The van der Waals surface area contributed by atoms with Gasteiger partial charge in [0, 0.05) is 30.3 Å². The summed E-state index contributed by atoms with van der Waals surface area (Å²) in [6, 6.07) is 11.4. The molecule has 1 N–H and O–H groups in total. The van der Waals surface area contributed by atoms with E-state index in [0.717, 1.165) is 42.8 Å². The lowest BCUT2D eigenvalue weighted by molar-refractivity contribution is -0.134. The fourth-order valence-electron chi connectivity index (χ4n) is 3.30. The summed E-state index contributed by atoms with van der Waals surface area (Å²) >= 11 is 1.26. The lowest BCUT2D eigenvalue weighted by Crippen LogP contribution is -2.38. The zero-order valence-corrected chi connectivity index (χ0v) is 19.3.